The Kier molecular flexibility index (Phi) is 25.2. The van der Waals surface area contributed by atoms with Crippen LogP contribution in [-0.2, 0) is 56.3 Å². The molecular weight excluding hydrogens is 905 g/mol. The smallest absolute Gasteiger partial charge is 0.672 e. The van der Waals surface area contributed by atoms with Crippen molar-refractivity contribution in [2.24, 2.45) is 11.8 Å². The van der Waals surface area contributed by atoms with Gasteiger partial charge >= 0.3 is 43.4 Å². The van der Waals surface area contributed by atoms with E-state index in [1.54, 1.807) is 12.2 Å². The van der Waals surface area contributed by atoms with E-state index in [9.17, 15) is 0 Å². The third-order valence-corrected chi connectivity index (χ3v) is 16.3. The summed E-state index contributed by atoms with van der Waals surface area (Å²) in [6, 6.07) is 47.0. The van der Waals surface area contributed by atoms with Crippen molar-refractivity contribution >= 4 is 29.0 Å². The SMILES string of the molecule is C=CC=C.CC(C)([NH-])C(Cc1ccccc1)Cc1ccccc1.CC(C)C(C)(C)[NH-].C[SiH](C)C1C=C(n2cccc2)c2ccccc21.C[SiH](C)C1C=C(n2cccc2)c2ccccc21.[Ti+4].[Ti+4]. The van der Waals surface area contributed by atoms with Gasteiger partial charge in [-0.05, 0) is 76.4 Å². The quantitative estimate of drug-likeness (QED) is 0.0918. The molecule has 2 aliphatic rings. The third-order valence-electron chi connectivity index (χ3n) is 12.3. The predicted octanol–water partition coefficient (Wildman–Crippen LogP) is 15.7. The van der Waals surface area contributed by atoms with E-state index in [0.29, 0.717) is 22.9 Å². The summed E-state index contributed by atoms with van der Waals surface area (Å²) in [6.45, 7) is 28.4. The van der Waals surface area contributed by atoms with Gasteiger partial charge in [0.25, 0.3) is 0 Å². The van der Waals surface area contributed by atoms with Crippen LogP contribution >= 0.6 is 0 Å². The first-order valence-corrected chi connectivity index (χ1v) is 29.1. The fraction of sp³-hybridized carbons (Fsp3) is 0.310. The largest absolute Gasteiger partial charge is 4.00 e. The number of fused-ring (bicyclic) bond motifs is 2. The standard InChI is InChI=1S/C18H22N.2C15H17NSi.C6H14N.C4H6.2Ti/c1-18(2,19)17(13-15-9-5-3-6-10-15)14-16-11-7-4-8-12-16;2*1-17(2)15-11-14(16-9-5-6-10-16)12-7-3-4-8-13(12)15;1-5(2)6(3,4)7;1-3-4-2;;/h3-12,17,19H,13-14H2,1-2H3;2*3-11,15,17H,1-2H3;5,7H,1-4H3;3-4H,1-2H2;;/q-1;;;-1;;2*+4. The van der Waals surface area contributed by atoms with E-state index < -0.39 is 23.1 Å². The summed E-state index contributed by atoms with van der Waals surface area (Å²) in [7, 11) is -1.39. The Labute approximate surface area is 433 Å². The number of benzene rings is 4. The van der Waals surface area contributed by atoms with E-state index in [-0.39, 0.29) is 49.0 Å². The molecule has 66 heavy (non-hydrogen) atoms. The molecule has 2 N–H and O–H groups in total. The number of aromatic nitrogens is 2. The summed E-state index contributed by atoms with van der Waals surface area (Å²) in [5, 5.41) is 0. The Morgan fingerprint density at radius 3 is 1.09 bits per heavy atom. The molecule has 0 bridgehead atoms. The van der Waals surface area contributed by atoms with Crippen LogP contribution in [0.25, 0.3) is 22.9 Å². The maximum absolute atomic E-state index is 8.39. The van der Waals surface area contributed by atoms with Gasteiger partial charge in [-0.25, -0.2) is 0 Å². The van der Waals surface area contributed by atoms with Gasteiger partial charge in [-0.15, -0.1) is 11.1 Å². The van der Waals surface area contributed by atoms with Gasteiger partial charge < -0.3 is 20.6 Å². The van der Waals surface area contributed by atoms with Crippen LogP contribution in [0.3, 0.4) is 0 Å². The zero-order valence-corrected chi connectivity index (χ0v) is 46.9. The van der Waals surface area contributed by atoms with Crippen LogP contribution in [-0.4, -0.2) is 37.8 Å². The first kappa shape index (κ1) is 58.3. The van der Waals surface area contributed by atoms with Gasteiger partial charge in [-0.2, -0.15) is 0 Å². The molecule has 4 aromatic carbocycles. The van der Waals surface area contributed by atoms with Gasteiger partial charge in [0, 0.05) is 64.9 Å². The Bertz CT molecular complexity index is 2180. The summed E-state index contributed by atoms with van der Waals surface area (Å²) in [5.41, 5.74) is 27.7. The first-order chi connectivity index (χ1) is 30.5. The zero-order valence-electron chi connectivity index (χ0n) is 41.5. The van der Waals surface area contributed by atoms with Crippen molar-refractivity contribution in [3.05, 3.63) is 241 Å². The average Bonchev–Trinajstić information content (AvgIpc) is 4.11. The number of nitrogens with zero attached hydrogens (tertiary/aromatic N) is 2. The summed E-state index contributed by atoms with van der Waals surface area (Å²) in [6.07, 6.45) is 18.7. The summed E-state index contributed by atoms with van der Waals surface area (Å²) < 4.78 is 4.46. The number of hydrogen-bond donors (Lipinski definition) is 0. The van der Waals surface area contributed by atoms with Crippen LogP contribution in [0, 0.1) is 11.8 Å². The van der Waals surface area contributed by atoms with Crippen LogP contribution in [0.15, 0.2) is 196 Å². The second kappa shape index (κ2) is 28.5. The Balaban J connectivity index is 0.000000302. The van der Waals surface area contributed by atoms with Crippen molar-refractivity contribution in [2.75, 3.05) is 0 Å². The molecule has 0 amide bonds. The van der Waals surface area contributed by atoms with Crippen molar-refractivity contribution < 1.29 is 43.4 Å². The van der Waals surface area contributed by atoms with Crippen LogP contribution in [0.2, 0.25) is 26.2 Å². The minimum Gasteiger partial charge on any atom is -0.672 e. The van der Waals surface area contributed by atoms with E-state index in [2.05, 4.69) is 221 Å². The molecule has 0 radical (unpaired) electrons. The molecule has 0 saturated heterocycles. The molecule has 2 unspecified atom stereocenters. The molecule has 0 saturated carbocycles. The predicted molar refractivity (Wildman–Crippen MR) is 288 cm³/mol. The Morgan fingerprint density at radius 2 is 0.818 bits per heavy atom. The van der Waals surface area contributed by atoms with Crippen LogP contribution in [0.1, 0.15) is 86.0 Å². The van der Waals surface area contributed by atoms with Gasteiger partial charge in [0.05, 0.1) is 0 Å². The molecule has 0 aliphatic heterocycles. The number of hydrogen-bond acceptors (Lipinski definition) is 0. The van der Waals surface area contributed by atoms with Crippen molar-refractivity contribution in [2.45, 2.75) is 103 Å². The fourth-order valence-corrected chi connectivity index (χ4v) is 10.8. The fourth-order valence-electron chi connectivity index (χ4n) is 7.66. The van der Waals surface area contributed by atoms with Crippen LogP contribution in [0.5, 0.6) is 0 Å². The number of allylic oxidation sites excluding steroid dienone is 4. The van der Waals surface area contributed by atoms with Gasteiger partial charge in [0.1, 0.15) is 0 Å². The van der Waals surface area contributed by atoms with E-state index in [1.807, 2.05) is 39.8 Å². The van der Waals surface area contributed by atoms with Gasteiger partial charge in [-0.3, -0.25) is 0 Å². The molecule has 8 rings (SSSR count). The monoisotopic (exact) mass is 980 g/mol. The summed E-state index contributed by atoms with van der Waals surface area (Å²) in [5.74, 6) is 0.796. The molecule has 8 heteroatoms. The first-order valence-electron chi connectivity index (χ1n) is 23.2. The third kappa shape index (κ3) is 17.7. The Morgan fingerprint density at radius 1 is 0.515 bits per heavy atom. The molecular formula is C58H76N4Si2Ti2+6. The zero-order chi connectivity index (χ0) is 46.9. The van der Waals surface area contributed by atoms with Crippen LogP contribution < -0.4 is 0 Å². The molecule has 2 aliphatic carbocycles. The maximum Gasteiger partial charge on any atom is 4.00 e. The van der Waals surface area contributed by atoms with E-state index in [1.165, 1.54) is 44.8 Å². The molecule has 6 aromatic rings. The summed E-state index contributed by atoms with van der Waals surface area (Å²) >= 11 is 0. The molecule has 4 nitrogen and oxygen atoms in total. The summed E-state index contributed by atoms with van der Waals surface area (Å²) in [4.78, 5) is 0. The van der Waals surface area contributed by atoms with Crippen LogP contribution in [0.4, 0.5) is 0 Å². The second-order valence-electron chi connectivity index (χ2n) is 19.1. The van der Waals surface area contributed by atoms with Gasteiger partial charge in [0.15, 0.2) is 0 Å². The van der Waals surface area contributed by atoms with Crippen molar-refractivity contribution in [3.8, 4) is 0 Å². The molecule has 338 valence electrons. The van der Waals surface area contributed by atoms with E-state index in [0.717, 1.165) is 12.8 Å². The maximum atomic E-state index is 8.39. The van der Waals surface area contributed by atoms with Gasteiger partial charge in [-0.1, -0.05) is 220 Å². The normalized spacial score (nSPS) is 14.5. The molecule has 0 spiro atoms. The Hall–Kier alpha value is -3.82. The molecule has 2 aromatic heterocycles. The minimum absolute atomic E-state index is 0. The van der Waals surface area contributed by atoms with E-state index in [4.69, 9.17) is 11.5 Å². The average molecular weight is 981 g/mol. The van der Waals surface area contributed by atoms with E-state index >= 15 is 0 Å². The van der Waals surface area contributed by atoms with Crippen molar-refractivity contribution in [1.82, 2.24) is 9.13 Å². The topological polar surface area (TPSA) is 57.5 Å². The minimum atomic E-state index is -0.693. The number of rotatable bonds is 11. The van der Waals surface area contributed by atoms with Gasteiger partial charge in [0.2, 0.25) is 0 Å². The van der Waals surface area contributed by atoms with Crippen molar-refractivity contribution in [1.29, 1.82) is 0 Å². The van der Waals surface area contributed by atoms with Crippen molar-refractivity contribution in [3.63, 3.8) is 0 Å². The molecule has 0 fully saturated rings. The second-order valence-corrected chi connectivity index (χ2v) is 25.6. The number of nitrogens with one attached hydrogen (secondary N) is 2. The molecule has 2 atom stereocenters. The molecule has 2 heterocycles.